The summed E-state index contributed by atoms with van der Waals surface area (Å²) < 4.78 is 10.3. The lowest BCUT2D eigenvalue weighted by Crippen LogP contribution is -2.06. The quantitative estimate of drug-likeness (QED) is 0.385. The molecule has 5 nitrogen and oxygen atoms in total. The first-order valence-corrected chi connectivity index (χ1v) is 13.8. The van der Waals surface area contributed by atoms with E-state index in [4.69, 9.17) is 14.8 Å². The highest BCUT2D eigenvalue weighted by atomic mass is 32.1. The van der Waals surface area contributed by atoms with Crippen LogP contribution in [0.4, 0.5) is 0 Å². The van der Waals surface area contributed by atoms with Crippen molar-refractivity contribution in [3.63, 3.8) is 0 Å². The molecular weight excluding hydrogens is 466 g/mol. The van der Waals surface area contributed by atoms with Crippen LogP contribution in [-0.2, 0) is 6.42 Å². The normalized spacial score (nSPS) is 19.4. The van der Waals surface area contributed by atoms with E-state index in [-0.39, 0.29) is 6.10 Å². The fraction of sp³-hybridized carbons (Fsp3) is 0.500. The highest BCUT2D eigenvalue weighted by molar-refractivity contribution is 7.09. The van der Waals surface area contributed by atoms with Gasteiger partial charge in [0.25, 0.3) is 0 Å². The molecule has 2 aromatic carbocycles. The molecule has 3 atom stereocenters. The van der Waals surface area contributed by atoms with Crippen molar-refractivity contribution in [3.05, 3.63) is 53.1 Å². The summed E-state index contributed by atoms with van der Waals surface area (Å²) in [7, 11) is 0. The largest absolute Gasteiger partial charge is 0.490 e. The van der Waals surface area contributed by atoms with Crippen LogP contribution in [0.15, 0.2) is 36.4 Å². The topological polar surface area (TPSA) is 79.0 Å². The third-order valence-electron chi connectivity index (χ3n) is 6.68. The van der Waals surface area contributed by atoms with Crippen molar-refractivity contribution in [1.82, 2.24) is 9.36 Å². The summed E-state index contributed by atoms with van der Waals surface area (Å²) in [5.41, 5.74) is 5.36. The molecule has 0 saturated heterocycles. The van der Waals surface area contributed by atoms with Gasteiger partial charge in [0.2, 0.25) is 0 Å². The van der Waals surface area contributed by atoms with Gasteiger partial charge in [-0.05, 0) is 98.1 Å². The van der Waals surface area contributed by atoms with E-state index in [1.165, 1.54) is 35.5 Å². The van der Waals surface area contributed by atoms with Gasteiger partial charge < -0.3 is 9.84 Å². The molecule has 36 heavy (non-hydrogen) atoms. The van der Waals surface area contributed by atoms with Crippen molar-refractivity contribution >= 4 is 11.5 Å². The van der Waals surface area contributed by atoms with Crippen LogP contribution in [0.25, 0.3) is 22.0 Å². The second kappa shape index (κ2) is 13.0. The fourth-order valence-electron chi connectivity index (χ4n) is 4.14. The highest BCUT2D eigenvalue weighted by Gasteiger charge is 2.26. The number of hydrogen-bond acceptors (Lipinski definition) is 6. The van der Waals surface area contributed by atoms with Crippen molar-refractivity contribution in [2.24, 2.45) is 11.8 Å². The Balaban J connectivity index is 0.000000341. The van der Waals surface area contributed by atoms with Crippen molar-refractivity contribution in [1.29, 1.82) is 5.26 Å². The minimum atomic E-state index is 0.0265. The van der Waals surface area contributed by atoms with Crippen LogP contribution in [0.1, 0.15) is 83.4 Å². The van der Waals surface area contributed by atoms with Crippen LogP contribution in [0, 0.1) is 23.2 Å². The maximum absolute atomic E-state index is 9.45. The molecule has 0 bridgehead atoms. The third kappa shape index (κ3) is 7.15. The lowest BCUT2D eigenvalue weighted by molar-refractivity contribution is 0.242. The Labute approximate surface area is 220 Å². The van der Waals surface area contributed by atoms with Gasteiger partial charge in [-0.15, -0.1) is 0 Å². The van der Waals surface area contributed by atoms with Crippen molar-refractivity contribution in [3.8, 4) is 33.8 Å². The SMILES string of the molecule is CC(C)Oc1ccc(-c2nc(-c3cccc4c3CCC4C)ns2)cc1C#N.CC1C[C@@H]1C.CCCO. The zero-order chi connectivity index (χ0) is 26.2. The molecular formula is C30H39N3O2S. The molecule has 1 fully saturated rings. The van der Waals surface area contributed by atoms with E-state index in [0.29, 0.717) is 23.8 Å². The predicted molar refractivity (Wildman–Crippen MR) is 148 cm³/mol. The standard InChI is InChI=1S/C22H21N3OS.C5H10.C3H8O/c1-13(2)26-20-10-8-15(11-16(20)12-23)22-24-21(25-27-22)19-6-4-5-17-14(3)7-9-18(17)19;1-4-3-5(4)2;1-2-3-4/h4-6,8,10-11,13-14H,7,9H2,1-3H3;4-5H,3H2,1-2H3;4H,2-3H2,1H3/t;4-,5?;/m.0./s1. The van der Waals surface area contributed by atoms with Crippen molar-refractivity contribution in [2.75, 3.05) is 6.61 Å². The van der Waals surface area contributed by atoms with Gasteiger partial charge in [0.05, 0.1) is 11.7 Å². The number of aliphatic hydroxyl groups is 1. The van der Waals surface area contributed by atoms with Crippen molar-refractivity contribution < 1.29 is 9.84 Å². The first-order chi connectivity index (χ1) is 17.3. The molecule has 6 heteroatoms. The van der Waals surface area contributed by atoms with E-state index in [1.54, 1.807) is 0 Å². The highest BCUT2D eigenvalue weighted by Crippen LogP contribution is 2.39. The molecule has 2 aliphatic rings. The fourth-order valence-corrected chi connectivity index (χ4v) is 4.81. The number of fused-ring (bicyclic) bond motifs is 1. The van der Waals surface area contributed by atoms with Crippen LogP contribution in [0.3, 0.4) is 0 Å². The van der Waals surface area contributed by atoms with Gasteiger partial charge in [-0.3, -0.25) is 0 Å². The predicted octanol–water partition coefficient (Wildman–Crippen LogP) is 7.63. The molecule has 1 N–H and O–H groups in total. The molecule has 5 rings (SSSR count). The van der Waals surface area contributed by atoms with Gasteiger partial charge >= 0.3 is 0 Å². The van der Waals surface area contributed by atoms with Crippen LogP contribution in [-0.4, -0.2) is 27.2 Å². The Morgan fingerprint density at radius 1 is 1.17 bits per heavy atom. The van der Waals surface area contributed by atoms with E-state index in [2.05, 4.69) is 49.4 Å². The van der Waals surface area contributed by atoms with Gasteiger partial charge in [-0.1, -0.05) is 45.9 Å². The number of benzene rings is 2. The smallest absolute Gasteiger partial charge is 0.173 e. The lowest BCUT2D eigenvalue weighted by Gasteiger charge is -2.11. The summed E-state index contributed by atoms with van der Waals surface area (Å²) in [5, 5.41) is 18.1. The molecule has 1 aromatic heterocycles. The molecule has 3 aromatic rings. The number of rotatable bonds is 5. The average Bonchev–Trinajstić information content (AvgIpc) is 3.23. The zero-order valence-electron chi connectivity index (χ0n) is 22.4. The lowest BCUT2D eigenvalue weighted by atomic mass is 9.99. The van der Waals surface area contributed by atoms with Gasteiger partial charge in [0.15, 0.2) is 5.82 Å². The second-order valence-corrected chi connectivity index (χ2v) is 10.9. The zero-order valence-corrected chi connectivity index (χ0v) is 23.2. The number of ether oxygens (including phenoxy) is 1. The third-order valence-corrected chi connectivity index (χ3v) is 7.45. The summed E-state index contributed by atoms with van der Waals surface area (Å²) >= 11 is 1.37. The molecule has 192 valence electrons. The number of hydrogen-bond donors (Lipinski definition) is 1. The summed E-state index contributed by atoms with van der Waals surface area (Å²) in [6.07, 6.45) is 4.64. The summed E-state index contributed by atoms with van der Waals surface area (Å²) in [4.78, 5) is 4.78. The van der Waals surface area contributed by atoms with E-state index in [9.17, 15) is 5.26 Å². The molecule has 0 radical (unpaired) electrons. The molecule has 0 spiro atoms. The Morgan fingerprint density at radius 3 is 2.44 bits per heavy atom. The summed E-state index contributed by atoms with van der Waals surface area (Å²) in [6.45, 7) is 13.0. The van der Waals surface area contributed by atoms with Gasteiger partial charge in [0, 0.05) is 17.7 Å². The molecule has 0 amide bonds. The van der Waals surface area contributed by atoms with Gasteiger partial charge in [-0.25, -0.2) is 4.98 Å². The number of nitrogens with zero attached hydrogens (tertiary/aromatic N) is 3. The van der Waals surface area contributed by atoms with Crippen LogP contribution in [0.2, 0.25) is 0 Å². The number of aromatic nitrogens is 2. The molecule has 2 unspecified atom stereocenters. The van der Waals surface area contributed by atoms with E-state index >= 15 is 0 Å². The second-order valence-electron chi connectivity index (χ2n) is 10.1. The Bertz CT molecular complexity index is 1170. The van der Waals surface area contributed by atoms with Crippen molar-refractivity contribution in [2.45, 2.75) is 79.2 Å². The van der Waals surface area contributed by atoms with E-state index < -0.39 is 0 Å². The van der Waals surface area contributed by atoms with Crippen LogP contribution < -0.4 is 4.74 Å². The maximum Gasteiger partial charge on any atom is 0.173 e. The molecule has 1 saturated carbocycles. The molecule has 0 aliphatic heterocycles. The van der Waals surface area contributed by atoms with E-state index in [0.717, 1.165) is 46.6 Å². The average molecular weight is 506 g/mol. The summed E-state index contributed by atoms with van der Waals surface area (Å²) in [5.74, 6) is 4.09. The minimum Gasteiger partial charge on any atom is -0.490 e. The number of nitriles is 1. The Kier molecular flexibility index (Phi) is 10.0. The Morgan fingerprint density at radius 2 is 1.86 bits per heavy atom. The van der Waals surface area contributed by atoms with Crippen LogP contribution in [0.5, 0.6) is 5.75 Å². The van der Waals surface area contributed by atoms with Gasteiger partial charge in [-0.2, -0.15) is 9.64 Å². The minimum absolute atomic E-state index is 0.0265. The first kappa shape index (κ1) is 27.8. The first-order valence-electron chi connectivity index (χ1n) is 13.1. The molecule has 1 heterocycles. The van der Waals surface area contributed by atoms with Gasteiger partial charge in [0.1, 0.15) is 16.8 Å². The summed E-state index contributed by atoms with van der Waals surface area (Å²) in [6, 6.07) is 14.3. The monoisotopic (exact) mass is 505 g/mol. The number of aliphatic hydroxyl groups excluding tert-OH is 1. The molecule has 2 aliphatic carbocycles. The van der Waals surface area contributed by atoms with Crippen LogP contribution >= 0.6 is 11.5 Å². The Hall–Kier alpha value is -2.75. The van der Waals surface area contributed by atoms with E-state index in [1.807, 2.05) is 39.0 Å². The maximum atomic E-state index is 9.45.